The molecular weight excluding hydrogens is 126 g/mol. The van der Waals surface area contributed by atoms with E-state index in [1.165, 1.54) is 0 Å². The van der Waals surface area contributed by atoms with Crippen molar-refractivity contribution in [3.05, 3.63) is 30.5 Å². The van der Waals surface area contributed by atoms with E-state index in [2.05, 4.69) is 18.1 Å². The first-order valence-electron chi connectivity index (χ1n) is 3.11. The van der Waals surface area contributed by atoms with Crippen molar-refractivity contribution < 1.29 is 4.42 Å². The number of rotatable bonds is 0. The summed E-state index contributed by atoms with van der Waals surface area (Å²) < 4.78 is 5.10. The summed E-state index contributed by atoms with van der Waals surface area (Å²) in [6.07, 6.45) is 0. The lowest BCUT2D eigenvalue weighted by atomic mass is 10.4. The number of hydrogen-bond acceptors (Lipinski definition) is 2. The average Bonchev–Trinajstić information content (AvgIpc) is 2.16. The van der Waals surface area contributed by atoms with E-state index in [1.54, 1.807) is 0 Å². The van der Waals surface area contributed by atoms with Crippen LogP contribution in [0.3, 0.4) is 0 Å². The predicted octanol–water partition coefficient (Wildman–Crippen LogP) is 2.40. The summed E-state index contributed by atoms with van der Waals surface area (Å²) >= 11 is 0. The van der Waals surface area contributed by atoms with E-state index in [4.69, 9.17) is 4.42 Å². The Morgan fingerprint density at radius 1 is 1.20 bits per heavy atom. The number of aryl methyl sites for hydroxylation is 3. The predicted molar refractivity (Wildman–Crippen MR) is 42.0 cm³/mol. The molecule has 0 spiro atoms. The molecule has 2 heteroatoms. The third-order valence-corrected chi connectivity index (χ3v) is 1.14. The van der Waals surface area contributed by atoms with Crippen LogP contribution in [0, 0.1) is 20.8 Å². The van der Waals surface area contributed by atoms with Crippen molar-refractivity contribution in [2.24, 2.45) is 0 Å². The smallest absolute Gasteiger partial charge is 0.191 e. The quantitative estimate of drug-likeness (QED) is 0.516. The topological polar surface area (TPSA) is 26.0 Å². The molecule has 10 heavy (non-hydrogen) atoms. The van der Waals surface area contributed by atoms with Crippen LogP contribution in [0.25, 0.3) is 0 Å². The molecule has 0 aromatic carbocycles. The monoisotopic (exact) mass is 139 g/mol. The zero-order chi connectivity index (χ0) is 8.15. The van der Waals surface area contributed by atoms with Gasteiger partial charge in [0, 0.05) is 6.92 Å². The van der Waals surface area contributed by atoms with E-state index in [9.17, 15) is 0 Å². The van der Waals surface area contributed by atoms with Gasteiger partial charge in [-0.1, -0.05) is 0 Å². The molecule has 0 unspecified atom stereocenters. The van der Waals surface area contributed by atoms with Crippen LogP contribution < -0.4 is 0 Å². The third kappa shape index (κ3) is 2.05. The minimum absolute atomic E-state index is 0.750. The second kappa shape index (κ2) is 3.88. The number of aromatic nitrogens is 1. The fraction of sp³-hybridized carbons (Fsp3) is 0.375. The van der Waals surface area contributed by atoms with Crippen molar-refractivity contribution in [1.82, 2.24) is 4.98 Å². The van der Waals surface area contributed by atoms with Crippen molar-refractivity contribution in [3.63, 3.8) is 0 Å². The Morgan fingerprint density at radius 2 is 1.70 bits per heavy atom. The van der Waals surface area contributed by atoms with Gasteiger partial charge in [0.1, 0.15) is 5.76 Å². The molecule has 0 fully saturated rings. The van der Waals surface area contributed by atoms with E-state index in [0.717, 1.165) is 17.3 Å². The zero-order valence-electron chi connectivity index (χ0n) is 6.77. The molecule has 0 aliphatic carbocycles. The van der Waals surface area contributed by atoms with Crippen LogP contribution in [0.5, 0.6) is 0 Å². The lowest BCUT2D eigenvalue weighted by Crippen LogP contribution is -1.71. The van der Waals surface area contributed by atoms with Crippen LogP contribution in [-0.2, 0) is 0 Å². The summed E-state index contributed by atoms with van der Waals surface area (Å²) in [5.74, 6) is 1.67. The van der Waals surface area contributed by atoms with Gasteiger partial charge in [0.25, 0.3) is 0 Å². The second-order valence-corrected chi connectivity index (χ2v) is 1.87. The minimum atomic E-state index is 0.750. The lowest BCUT2D eigenvalue weighted by Gasteiger charge is -1.77. The molecule has 0 radical (unpaired) electrons. The molecule has 1 heterocycles. The van der Waals surface area contributed by atoms with Gasteiger partial charge in [-0.25, -0.2) is 4.98 Å². The molecule has 0 aliphatic heterocycles. The highest BCUT2D eigenvalue weighted by molar-refractivity contribution is 5.03. The zero-order valence-corrected chi connectivity index (χ0v) is 6.77. The molecule has 1 rings (SSSR count). The van der Waals surface area contributed by atoms with E-state index in [-0.39, 0.29) is 0 Å². The SMILES string of the molecule is C=C.Cc1nc(C)c(C)o1. The summed E-state index contributed by atoms with van der Waals surface area (Å²) in [7, 11) is 0. The van der Waals surface area contributed by atoms with Gasteiger partial charge < -0.3 is 4.42 Å². The molecule has 0 N–H and O–H groups in total. The van der Waals surface area contributed by atoms with Crippen molar-refractivity contribution in [3.8, 4) is 0 Å². The summed E-state index contributed by atoms with van der Waals surface area (Å²) in [4.78, 5) is 4.04. The van der Waals surface area contributed by atoms with Crippen LogP contribution in [0.1, 0.15) is 17.3 Å². The molecule has 0 saturated carbocycles. The van der Waals surface area contributed by atoms with Crippen LogP contribution in [-0.4, -0.2) is 4.98 Å². The Morgan fingerprint density at radius 3 is 1.80 bits per heavy atom. The molecule has 0 amide bonds. The van der Waals surface area contributed by atoms with Crippen LogP contribution >= 0.6 is 0 Å². The number of nitrogens with zero attached hydrogens (tertiary/aromatic N) is 1. The van der Waals surface area contributed by atoms with Gasteiger partial charge in [-0.3, -0.25) is 0 Å². The molecule has 0 aliphatic rings. The molecular formula is C8H13NO. The van der Waals surface area contributed by atoms with E-state index < -0.39 is 0 Å². The van der Waals surface area contributed by atoms with Gasteiger partial charge in [-0.2, -0.15) is 0 Å². The summed E-state index contributed by atoms with van der Waals surface area (Å²) in [5, 5.41) is 0. The Bertz CT molecular complexity index is 184. The van der Waals surface area contributed by atoms with Crippen LogP contribution in [0.15, 0.2) is 17.6 Å². The highest BCUT2D eigenvalue weighted by Crippen LogP contribution is 2.05. The minimum Gasteiger partial charge on any atom is -0.446 e. The summed E-state index contributed by atoms with van der Waals surface area (Å²) in [6, 6.07) is 0. The molecule has 1 aromatic heterocycles. The summed E-state index contributed by atoms with van der Waals surface area (Å²) in [5.41, 5.74) is 0.988. The fourth-order valence-electron chi connectivity index (χ4n) is 0.633. The highest BCUT2D eigenvalue weighted by Gasteiger charge is 1.97. The highest BCUT2D eigenvalue weighted by atomic mass is 16.4. The van der Waals surface area contributed by atoms with Crippen molar-refractivity contribution in [2.75, 3.05) is 0 Å². The first kappa shape index (κ1) is 8.95. The van der Waals surface area contributed by atoms with Gasteiger partial charge >= 0.3 is 0 Å². The van der Waals surface area contributed by atoms with E-state index in [0.29, 0.717) is 0 Å². The molecule has 2 nitrogen and oxygen atoms in total. The Hall–Kier alpha value is -1.05. The number of oxazole rings is 1. The largest absolute Gasteiger partial charge is 0.446 e. The van der Waals surface area contributed by atoms with E-state index >= 15 is 0 Å². The van der Waals surface area contributed by atoms with Gasteiger partial charge in [-0.15, -0.1) is 13.2 Å². The fourth-order valence-corrected chi connectivity index (χ4v) is 0.633. The normalized spacial score (nSPS) is 8.30. The average molecular weight is 139 g/mol. The maximum absolute atomic E-state index is 5.10. The first-order valence-corrected chi connectivity index (χ1v) is 3.11. The van der Waals surface area contributed by atoms with Gasteiger partial charge in [0.2, 0.25) is 0 Å². The van der Waals surface area contributed by atoms with Gasteiger partial charge in [-0.05, 0) is 13.8 Å². The van der Waals surface area contributed by atoms with Crippen molar-refractivity contribution >= 4 is 0 Å². The Balaban J connectivity index is 0.000000371. The van der Waals surface area contributed by atoms with Gasteiger partial charge in [0.05, 0.1) is 5.69 Å². The lowest BCUT2D eigenvalue weighted by molar-refractivity contribution is 0.493. The number of hydrogen-bond donors (Lipinski definition) is 0. The Kier molecular flexibility index (Phi) is 3.47. The van der Waals surface area contributed by atoms with Crippen molar-refractivity contribution in [2.45, 2.75) is 20.8 Å². The van der Waals surface area contributed by atoms with Crippen LogP contribution in [0.2, 0.25) is 0 Å². The maximum atomic E-state index is 5.10. The van der Waals surface area contributed by atoms with Gasteiger partial charge in [0.15, 0.2) is 5.89 Å². The van der Waals surface area contributed by atoms with Crippen molar-refractivity contribution in [1.29, 1.82) is 0 Å². The Labute approximate surface area is 61.6 Å². The first-order chi connectivity index (χ1) is 4.70. The molecule has 0 atom stereocenters. The molecule has 0 bridgehead atoms. The molecule has 56 valence electrons. The maximum Gasteiger partial charge on any atom is 0.191 e. The van der Waals surface area contributed by atoms with E-state index in [1.807, 2.05) is 20.8 Å². The van der Waals surface area contributed by atoms with Crippen LogP contribution in [0.4, 0.5) is 0 Å². The molecule has 1 aromatic rings. The third-order valence-electron chi connectivity index (χ3n) is 1.14. The summed E-state index contributed by atoms with van der Waals surface area (Å²) in [6.45, 7) is 11.7. The standard InChI is InChI=1S/C6H9NO.C2H4/c1-4-5(2)8-6(3)7-4;1-2/h1-3H3;1-2H2. The second-order valence-electron chi connectivity index (χ2n) is 1.87. The molecule has 0 saturated heterocycles.